The monoisotopic (exact) mass is 1720 g/mol. The highest BCUT2D eigenvalue weighted by atomic mass is 32.1. The maximum atomic E-state index is 14.3. The van der Waals surface area contributed by atoms with Crippen LogP contribution in [0, 0.1) is 11.8 Å². The maximum absolute atomic E-state index is 14.3. The van der Waals surface area contributed by atoms with Gasteiger partial charge in [-0.3, -0.25) is 91.3 Å². The Balaban J connectivity index is 3.51. The highest BCUT2D eigenvalue weighted by Gasteiger charge is 2.38. The van der Waals surface area contributed by atoms with E-state index in [-0.39, 0.29) is 69.0 Å². The topological polar surface area (TPSA) is 788 Å². The Hall–Kier alpha value is -11.6. The number of rotatable bonds is 61. The van der Waals surface area contributed by atoms with Gasteiger partial charge >= 0.3 is 23.9 Å². The molecule has 0 radical (unpaired) electrons. The van der Waals surface area contributed by atoms with E-state index in [0.29, 0.717) is 45.1 Å². The summed E-state index contributed by atoms with van der Waals surface area (Å²) in [4.78, 5) is 258. The summed E-state index contributed by atoms with van der Waals surface area (Å²) >= 11 is 4.21. The number of thiol groups is 1. The summed E-state index contributed by atoms with van der Waals surface area (Å²) in [5, 5.41) is 81.9. The first-order chi connectivity index (χ1) is 56.4. The third-order valence-electron chi connectivity index (χ3n) is 18.2. The Morgan fingerprint density at radius 2 is 0.733 bits per heavy atom. The van der Waals surface area contributed by atoms with Crippen molar-refractivity contribution in [2.45, 2.75) is 248 Å². The van der Waals surface area contributed by atoms with E-state index in [1.54, 1.807) is 13.8 Å². The van der Waals surface area contributed by atoms with Gasteiger partial charge in [-0.25, -0.2) is 4.79 Å². The second kappa shape index (κ2) is 56.7. The van der Waals surface area contributed by atoms with E-state index in [1.165, 1.54) is 38.1 Å². The molecule has 1 aromatic rings. The van der Waals surface area contributed by atoms with Crippen LogP contribution < -0.4 is 115 Å². The summed E-state index contributed by atoms with van der Waals surface area (Å²) in [6, 6.07) is -16.6. The van der Waals surface area contributed by atoms with E-state index in [0.717, 1.165) is 13.8 Å². The summed E-state index contributed by atoms with van der Waals surface area (Å²) in [5.74, 6) is -24.0. The number of amides is 15. The van der Waals surface area contributed by atoms with Crippen molar-refractivity contribution in [3.8, 4) is 5.75 Å². The number of carboxylic acids is 4. The van der Waals surface area contributed by atoms with Gasteiger partial charge in [0.25, 0.3) is 0 Å². The zero-order valence-corrected chi connectivity index (χ0v) is 69.0. The predicted molar refractivity (Wildman–Crippen MR) is 433 cm³/mol. The van der Waals surface area contributed by atoms with Crippen molar-refractivity contribution >= 4 is 131 Å². The smallest absolute Gasteiger partial charge is 0.326 e. The standard InChI is InChI=1S/C73H122N22O24S/c1-36(2)57(94-60(106)39(6)84-67(113)49(32-40-18-20-41(96)21-19-40)92-68(114)50(33-52(78)97)91-59(105)38(5)83-63(109)47(24-27-56(103)104)89-71(117)58(37(3)4)95-61(107)42(77)14-7-10-28-74)70(116)88-45(22-25-54(99)100)62(108)82-34-53(98)85-46(23-26-55(101)102)66(112)86-44(17-13-31-81-73(79)80)65(111)93-51(35-120)69(115)87-43(15-8-11-29-75)64(110)90-48(72(118)119)16-9-12-30-76/h18-21,36-39,42-51,57-58,96,120H,7-17,22-35,74-77H2,1-6H3,(H2,78,97)(H,82,108)(H,83,109)(H,84,113)(H,85,98)(H,86,112)(H,87,115)(H,88,116)(H,89,117)(H,90,110)(H,91,105)(H,92,114)(H,93,111)(H,94,106)(H,95,107)(H,99,100)(H,101,102)(H,103,104)(H,118,119)(H4,79,80,81)/t38-,39-,42-,43-,44-,45-,46-,47-,48-,49-,50-,51-,57-,58-/m0/s1. The van der Waals surface area contributed by atoms with E-state index < -0.39 is 273 Å². The number of nitrogens with two attached hydrogens (primary N) is 7. The van der Waals surface area contributed by atoms with Crippen molar-refractivity contribution in [1.29, 1.82) is 0 Å². The van der Waals surface area contributed by atoms with Gasteiger partial charge in [0.05, 0.1) is 19.0 Å². The molecule has 0 aliphatic rings. The number of carboxylic acid groups (broad SMARTS) is 4. The minimum absolute atomic E-state index is 0.0133. The number of carbonyl (C=O) groups is 19. The fourth-order valence-corrected chi connectivity index (χ4v) is 11.6. The van der Waals surface area contributed by atoms with Gasteiger partial charge in [-0.05, 0) is 146 Å². The first kappa shape index (κ1) is 106. The van der Waals surface area contributed by atoms with Gasteiger partial charge in [0, 0.05) is 38.0 Å². The fraction of sp³-hybridized carbons (Fsp3) is 0.644. The Kier molecular flexibility index (Phi) is 50.3. The molecule has 0 aromatic heterocycles. The van der Waals surface area contributed by atoms with Gasteiger partial charge in [0.1, 0.15) is 84.3 Å². The van der Waals surface area contributed by atoms with Crippen LogP contribution in [0.1, 0.15) is 163 Å². The molecule has 47 heteroatoms. The number of hydrogen-bond acceptors (Lipinski definition) is 26. The van der Waals surface area contributed by atoms with Crippen molar-refractivity contribution < 1.29 is 117 Å². The molecule has 0 saturated carbocycles. The number of benzene rings is 1. The van der Waals surface area contributed by atoms with E-state index >= 15 is 0 Å². The van der Waals surface area contributed by atoms with Crippen LogP contribution in [-0.4, -0.2) is 267 Å². The zero-order valence-electron chi connectivity index (χ0n) is 68.2. The molecule has 46 nitrogen and oxygen atoms in total. The van der Waals surface area contributed by atoms with Crippen molar-refractivity contribution in [3.63, 3.8) is 0 Å². The number of hydrogen-bond donors (Lipinski definition) is 27. The average Bonchev–Trinajstić information content (AvgIpc) is 0.812. The molecular formula is C73H122N22O24S. The second-order valence-electron chi connectivity index (χ2n) is 29.0. The lowest BCUT2D eigenvalue weighted by Crippen LogP contribution is -2.61. The van der Waals surface area contributed by atoms with E-state index in [9.17, 15) is 117 Å². The minimum Gasteiger partial charge on any atom is -0.508 e. The van der Waals surface area contributed by atoms with Crippen molar-refractivity contribution in [3.05, 3.63) is 29.8 Å². The number of phenols is 1. The van der Waals surface area contributed by atoms with Crippen LogP contribution >= 0.6 is 12.6 Å². The van der Waals surface area contributed by atoms with E-state index in [4.69, 9.17) is 40.1 Å². The molecule has 15 amide bonds. The number of nitrogens with one attached hydrogen (secondary N) is 14. The number of aliphatic carboxylic acids is 4. The second-order valence-corrected chi connectivity index (χ2v) is 29.4. The largest absolute Gasteiger partial charge is 0.508 e. The van der Waals surface area contributed by atoms with E-state index in [2.05, 4.69) is 92.1 Å². The third-order valence-corrected chi connectivity index (χ3v) is 18.5. The molecule has 0 aliphatic heterocycles. The number of primary amides is 1. The summed E-state index contributed by atoms with van der Waals surface area (Å²) < 4.78 is 0. The highest BCUT2D eigenvalue weighted by molar-refractivity contribution is 7.80. The van der Waals surface area contributed by atoms with Gasteiger partial charge in [0.2, 0.25) is 88.6 Å². The quantitative estimate of drug-likeness (QED) is 0.0125. The Morgan fingerprint density at radius 3 is 1.17 bits per heavy atom. The Morgan fingerprint density at radius 1 is 0.383 bits per heavy atom. The van der Waals surface area contributed by atoms with Gasteiger partial charge in [-0.1, -0.05) is 46.2 Å². The molecule has 0 bridgehead atoms. The molecule has 0 aliphatic carbocycles. The number of aliphatic imine (C=N–C) groups is 1. The van der Waals surface area contributed by atoms with E-state index in [1.807, 2.05) is 0 Å². The number of unbranched alkanes of at least 4 members (excludes halogenated alkanes) is 3. The number of phenolic OH excluding ortho intramolecular Hbond substituents is 1. The molecule has 120 heavy (non-hydrogen) atoms. The van der Waals surface area contributed by atoms with Gasteiger partial charge in [-0.2, -0.15) is 12.6 Å². The first-order valence-corrected chi connectivity index (χ1v) is 39.7. The molecule has 0 saturated heterocycles. The Bertz CT molecular complexity index is 3670. The molecule has 0 heterocycles. The summed E-state index contributed by atoms with van der Waals surface area (Å²) in [6.07, 6.45) is -2.84. The molecule has 0 spiro atoms. The molecule has 1 rings (SSSR count). The van der Waals surface area contributed by atoms with Crippen LogP contribution in [0.3, 0.4) is 0 Å². The Labute approximate surface area is 698 Å². The van der Waals surface area contributed by atoms with Gasteiger partial charge < -0.3 is 140 Å². The third kappa shape index (κ3) is 42.7. The van der Waals surface area contributed by atoms with Crippen LogP contribution in [-0.2, 0) is 97.5 Å². The molecular weight excluding hydrogens is 1600 g/mol. The number of carbonyl (C=O) groups excluding carboxylic acids is 15. The summed E-state index contributed by atoms with van der Waals surface area (Å²) in [7, 11) is 0. The lowest BCUT2D eigenvalue weighted by molar-refractivity contribution is -0.142. The molecule has 0 unspecified atom stereocenters. The number of guanidine groups is 1. The fourth-order valence-electron chi connectivity index (χ4n) is 11.3. The molecule has 674 valence electrons. The number of aromatic hydroxyl groups is 1. The highest BCUT2D eigenvalue weighted by Crippen LogP contribution is 2.16. The van der Waals surface area contributed by atoms with Crippen molar-refractivity contribution in [1.82, 2.24) is 74.4 Å². The summed E-state index contributed by atoms with van der Waals surface area (Å²) in [6.45, 7) is 8.00. The summed E-state index contributed by atoms with van der Waals surface area (Å²) in [5.41, 5.74) is 39.5. The maximum Gasteiger partial charge on any atom is 0.326 e. The van der Waals surface area contributed by atoms with Crippen LogP contribution in [0.5, 0.6) is 5.75 Å². The van der Waals surface area contributed by atoms with Crippen molar-refractivity contribution in [2.75, 3.05) is 38.5 Å². The molecule has 0 fully saturated rings. The SMILES string of the molecule is CC(C)[C@H](NC(=O)[C@H](C)NC(=O)[C@H](Cc1ccc(O)cc1)NC(=O)[C@H](CC(N)=O)NC(=O)[C@H](C)NC(=O)[C@H](CCC(=O)O)NC(=O)[C@@H](NC(=O)[C@@H](N)CCCCN)C(C)C)C(=O)N[C@@H](CCC(=O)O)C(=O)NCC(=O)N[C@@H](CCC(=O)O)C(=O)N[C@@H](CCCN=C(N)N)C(=O)N[C@@H](CS)C(=O)N[C@@H](CCCCN)C(=O)N[C@@H](CCCCN)C(=O)O. The van der Waals surface area contributed by atoms with Crippen LogP contribution in [0.15, 0.2) is 29.3 Å². The molecule has 1 aromatic carbocycles. The first-order valence-electron chi connectivity index (χ1n) is 39.1. The van der Waals surface area contributed by atoms with Gasteiger partial charge in [0.15, 0.2) is 5.96 Å². The number of nitrogens with zero attached hydrogens (tertiary/aromatic N) is 1. The average molecular weight is 1720 g/mol. The van der Waals surface area contributed by atoms with Crippen molar-refractivity contribution in [2.24, 2.45) is 57.0 Å². The lowest BCUT2D eigenvalue weighted by atomic mass is 10.0. The predicted octanol–water partition coefficient (Wildman–Crippen LogP) is -8.04. The van der Waals surface area contributed by atoms with Crippen LogP contribution in [0.25, 0.3) is 0 Å². The molecule has 14 atom stereocenters. The lowest BCUT2D eigenvalue weighted by Gasteiger charge is -2.28. The van der Waals surface area contributed by atoms with Crippen LogP contribution in [0.2, 0.25) is 0 Å². The van der Waals surface area contributed by atoms with Gasteiger partial charge in [-0.15, -0.1) is 0 Å². The minimum atomic E-state index is -1.91. The normalized spacial score (nSPS) is 14.5. The van der Waals surface area contributed by atoms with Crippen LogP contribution in [0.4, 0.5) is 0 Å². The molecule has 33 N–H and O–H groups in total. The zero-order chi connectivity index (χ0) is 91.1.